The van der Waals surface area contributed by atoms with Gasteiger partial charge in [-0.1, -0.05) is 23.7 Å². The van der Waals surface area contributed by atoms with E-state index in [0.717, 1.165) is 57.4 Å². The summed E-state index contributed by atoms with van der Waals surface area (Å²) < 4.78 is 12.7. The number of carbonyl (C=O) groups is 2. The molecule has 4 aromatic rings. The van der Waals surface area contributed by atoms with Crippen LogP contribution in [0.3, 0.4) is 0 Å². The minimum Gasteiger partial charge on any atom is -0.444 e. The first-order valence-electron chi connectivity index (χ1n) is 14.6. The van der Waals surface area contributed by atoms with E-state index in [-0.39, 0.29) is 18.0 Å². The third-order valence-corrected chi connectivity index (χ3v) is 8.23. The Morgan fingerprint density at radius 3 is 2.47 bits per heavy atom. The molecule has 0 bridgehead atoms. The van der Waals surface area contributed by atoms with Crippen LogP contribution in [0.5, 0.6) is 0 Å². The van der Waals surface area contributed by atoms with Crippen molar-refractivity contribution in [3.05, 3.63) is 58.4 Å². The number of benzene rings is 2. The standard InChI is InChI=1S/C32H39ClN6O4/c1-19-17-25-24(18-35-36-25)27(28(19)33)26-20(2)39(23-11-14-38(15-12-23)31(41)43-32(3,4)5)37-29(26)21-7-9-22(10-8-21)30(40)34-13-16-42-6/h7-10,17-18,23H,11-16H2,1-6H3,(H,34,40)(H,35,36). The maximum Gasteiger partial charge on any atom is 0.410 e. The molecule has 2 amide bonds. The second-order valence-electron chi connectivity index (χ2n) is 12.0. The first kappa shape index (κ1) is 30.6. The number of rotatable bonds is 7. The molecule has 0 aliphatic carbocycles. The number of nitrogens with zero attached hydrogens (tertiary/aromatic N) is 4. The summed E-state index contributed by atoms with van der Waals surface area (Å²) in [4.78, 5) is 27.1. The van der Waals surface area contributed by atoms with E-state index >= 15 is 0 Å². The molecule has 1 saturated heterocycles. The van der Waals surface area contributed by atoms with Crippen molar-refractivity contribution < 1.29 is 19.1 Å². The van der Waals surface area contributed by atoms with Crippen LogP contribution >= 0.6 is 11.6 Å². The number of likely N-dealkylation sites (tertiary alicyclic amines) is 1. The summed E-state index contributed by atoms with van der Waals surface area (Å²) in [5.74, 6) is -0.163. The number of aromatic nitrogens is 4. The Morgan fingerprint density at radius 1 is 1.12 bits per heavy atom. The molecule has 1 aliphatic heterocycles. The molecule has 2 aromatic carbocycles. The normalized spacial score (nSPS) is 14.3. The second-order valence-corrected chi connectivity index (χ2v) is 12.4. The Morgan fingerprint density at radius 2 is 1.81 bits per heavy atom. The molecule has 5 rings (SSSR count). The van der Waals surface area contributed by atoms with Crippen LogP contribution in [0, 0.1) is 13.8 Å². The van der Waals surface area contributed by atoms with Crippen molar-refractivity contribution in [3.8, 4) is 22.4 Å². The summed E-state index contributed by atoms with van der Waals surface area (Å²) in [5, 5.41) is 17.0. The van der Waals surface area contributed by atoms with Crippen LogP contribution in [0.4, 0.5) is 4.79 Å². The number of piperidine rings is 1. The van der Waals surface area contributed by atoms with Crippen molar-refractivity contribution in [2.75, 3.05) is 33.4 Å². The Hall–Kier alpha value is -3.89. The second kappa shape index (κ2) is 12.4. The Balaban J connectivity index is 1.53. The molecule has 10 nitrogen and oxygen atoms in total. The zero-order valence-corrected chi connectivity index (χ0v) is 26.3. The molecule has 228 valence electrons. The summed E-state index contributed by atoms with van der Waals surface area (Å²) in [6.45, 7) is 11.7. The molecule has 2 aromatic heterocycles. The summed E-state index contributed by atoms with van der Waals surface area (Å²) in [7, 11) is 1.60. The molecule has 1 aliphatic rings. The van der Waals surface area contributed by atoms with Gasteiger partial charge in [0.1, 0.15) is 11.3 Å². The molecule has 0 unspecified atom stereocenters. The van der Waals surface area contributed by atoms with Crippen molar-refractivity contribution in [2.45, 2.75) is 59.1 Å². The molecular formula is C32H39ClN6O4. The van der Waals surface area contributed by atoms with Gasteiger partial charge < -0.3 is 19.7 Å². The average Bonchev–Trinajstić information content (AvgIpc) is 3.57. The smallest absolute Gasteiger partial charge is 0.410 e. The lowest BCUT2D eigenvalue weighted by atomic mass is 9.94. The van der Waals surface area contributed by atoms with Gasteiger partial charge in [0.2, 0.25) is 0 Å². The van der Waals surface area contributed by atoms with Gasteiger partial charge in [-0.25, -0.2) is 4.79 Å². The number of fused-ring (bicyclic) bond motifs is 1. The largest absolute Gasteiger partial charge is 0.444 e. The lowest BCUT2D eigenvalue weighted by molar-refractivity contribution is 0.0184. The summed E-state index contributed by atoms with van der Waals surface area (Å²) in [6, 6.07) is 9.53. The monoisotopic (exact) mass is 606 g/mol. The highest BCUT2D eigenvalue weighted by Gasteiger charge is 2.31. The van der Waals surface area contributed by atoms with E-state index in [9.17, 15) is 9.59 Å². The highest BCUT2D eigenvalue weighted by molar-refractivity contribution is 6.36. The molecule has 43 heavy (non-hydrogen) atoms. The number of nitrogens with one attached hydrogen (secondary N) is 2. The van der Waals surface area contributed by atoms with E-state index in [0.29, 0.717) is 36.8 Å². The molecule has 0 saturated carbocycles. The van der Waals surface area contributed by atoms with Gasteiger partial charge in [0.05, 0.1) is 29.4 Å². The molecule has 3 heterocycles. The molecule has 0 atom stereocenters. The minimum atomic E-state index is -0.540. The highest BCUT2D eigenvalue weighted by Crippen LogP contribution is 2.44. The predicted octanol–water partition coefficient (Wildman–Crippen LogP) is 6.31. The summed E-state index contributed by atoms with van der Waals surface area (Å²) >= 11 is 7.02. The maximum atomic E-state index is 12.7. The van der Waals surface area contributed by atoms with E-state index in [1.165, 1.54) is 0 Å². The molecular weight excluding hydrogens is 568 g/mol. The number of aromatic amines is 1. The fraction of sp³-hybridized carbons (Fsp3) is 0.438. The lowest BCUT2D eigenvalue weighted by Crippen LogP contribution is -2.42. The van der Waals surface area contributed by atoms with E-state index in [4.69, 9.17) is 26.2 Å². The van der Waals surface area contributed by atoms with Crippen molar-refractivity contribution in [1.82, 2.24) is 30.2 Å². The van der Waals surface area contributed by atoms with Crippen LogP contribution in [0.15, 0.2) is 36.5 Å². The number of aryl methyl sites for hydroxylation is 1. The highest BCUT2D eigenvalue weighted by atomic mass is 35.5. The van der Waals surface area contributed by atoms with Crippen molar-refractivity contribution in [1.29, 1.82) is 0 Å². The maximum absolute atomic E-state index is 12.7. The van der Waals surface area contributed by atoms with Crippen molar-refractivity contribution in [2.24, 2.45) is 0 Å². The molecule has 2 N–H and O–H groups in total. The van der Waals surface area contributed by atoms with E-state index < -0.39 is 5.60 Å². The zero-order valence-electron chi connectivity index (χ0n) is 25.6. The molecule has 0 radical (unpaired) electrons. The molecule has 11 heteroatoms. The van der Waals surface area contributed by atoms with Gasteiger partial charge in [-0.3, -0.25) is 14.6 Å². The third kappa shape index (κ3) is 6.40. The van der Waals surface area contributed by atoms with E-state index in [2.05, 4.69) is 27.1 Å². The van der Waals surface area contributed by atoms with Crippen LogP contribution in [0.25, 0.3) is 33.3 Å². The number of hydrogen-bond acceptors (Lipinski definition) is 6. The van der Waals surface area contributed by atoms with Crippen molar-refractivity contribution in [3.63, 3.8) is 0 Å². The van der Waals surface area contributed by atoms with Crippen LogP contribution < -0.4 is 5.32 Å². The fourth-order valence-electron chi connectivity index (χ4n) is 5.59. The van der Waals surface area contributed by atoms with Crippen molar-refractivity contribution >= 4 is 34.5 Å². The Kier molecular flexibility index (Phi) is 8.80. The Labute approximate surface area is 256 Å². The van der Waals surface area contributed by atoms with E-state index in [1.807, 2.05) is 45.9 Å². The first-order valence-corrected chi connectivity index (χ1v) is 14.9. The molecule has 1 fully saturated rings. The quantitative estimate of drug-likeness (QED) is 0.238. The topological polar surface area (TPSA) is 114 Å². The number of carbonyl (C=O) groups excluding carboxylic acids is 2. The van der Waals surface area contributed by atoms with E-state index in [1.54, 1.807) is 30.3 Å². The van der Waals surface area contributed by atoms with Gasteiger partial charge in [-0.2, -0.15) is 10.2 Å². The van der Waals surface area contributed by atoms with Gasteiger partial charge in [-0.15, -0.1) is 0 Å². The number of hydrogen-bond donors (Lipinski definition) is 2. The van der Waals surface area contributed by atoms with Gasteiger partial charge in [-0.05, 0) is 71.2 Å². The fourth-order valence-corrected chi connectivity index (χ4v) is 5.84. The van der Waals surface area contributed by atoms with Gasteiger partial charge in [0.25, 0.3) is 5.91 Å². The van der Waals surface area contributed by atoms with Gasteiger partial charge in [0.15, 0.2) is 0 Å². The third-order valence-electron chi connectivity index (χ3n) is 7.74. The Bertz CT molecular complexity index is 1630. The zero-order chi connectivity index (χ0) is 30.9. The average molecular weight is 607 g/mol. The van der Waals surface area contributed by atoms with Crippen LogP contribution in [-0.4, -0.2) is 75.8 Å². The molecule has 0 spiro atoms. The number of amides is 2. The minimum absolute atomic E-state index is 0.0837. The number of ether oxygens (including phenoxy) is 2. The SMILES string of the molecule is COCCNC(=O)c1ccc(-c2nn(C3CCN(C(=O)OC(C)(C)C)CC3)c(C)c2-c2c(Cl)c(C)cc3[nH]ncc23)cc1. The van der Waals surface area contributed by atoms with Crippen LogP contribution in [0.1, 0.15) is 61.3 Å². The lowest BCUT2D eigenvalue weighted by Gasteiger charge is -2.34. The van der Waals surface area contributed by atoms with Gasteiger partial charge >= 0.3 is 6.09 Å². The summed E-state index contributed by atoms with van der Waals surface area (Å²) in [5.41, 5.74) is 6.24. The number of methoxy groups -OCH3 is 1. The number of H-pyrrole nitrogens is 1. The first-order chi connectivity index (χ1) is 20.5. The van der Waals surface area contributed by atoms with Gasteiger partial charge in [0, 0.05) is 60.1 Å². The predicted molar refractivity (Wildman–Crippen MR) is 168 cm³/mol. The number of halogens is 1. The summed E-state index contributed by atoms with van der Waals surface area (Å²) in [6.07, 6.45) is 2.99. The van der Waals surface area contributed by atoms with Crippen LogP contribution in [-0.2, 0) is 9.47 Å². The van der Waals surface area contributed by atoms with Crippen LogP contribution in [0.2, 0.25) is 5.02 Å².